The Kier molecular flexibility index (Phi) is 39.7. The van der Waals surface area contributed by atoms with Crippen molar-refractivity contribution in [2.24, 2.45) is 0 Å². The number of unbranched alkanes of at least 4 members (excludes halogenated alkanes) is 31. The summed E-state index contributed by atoms with van der Waals surface area (Å²) in [4.78, 5) is 35.4. The van der Waals surface area contributed by atoms with Crippen LogP contribution in [0, 0.1) is 0 Å². The molecule has 0 saturated heterocycles. The van der Waals surface area contributed by atoms with Gasteiger partial charge in [0.05, 0.1) is 27.7 Å². The van der Waals surface area contributed by atoms with E-state index in [1.807, 2.05) is 21.1 Å². The van der Waals surface area contributed by atoms with Crippen molar-refractivity contribution >= 4 is 19.8 Å². The number of esters is 2. The van der Waals surface area contributed by atoms with Crippen LogP contribution in [-0.4, -0.2) is 74.9 Å². The molecule has 0 rings (SSSR count). The zero-order valence-corrected chi connectivity index (χ0v) is 39.2. The Morgan fingerprint density at radius 2 is 0.789 bits per heavy atom. The number of quaternary nitrogens is 1. The lowest BCUT2D eigenvalue weighted by atomic mass is 10.0. The Labute approximate surface area is 353 Å². The minimum atomic E-state index is -4.37. The normalized spacial score (nSPS) is 13.4. The summed E-state index contributed by atoms with van der Waals surface area (Å²) in [5, 5.41) is 0. The smallest absolute Gasteiger partial charge is 0.462 e. The van der Waals surface area contributed by atoms with Crippen LogP contribution in [0.15, 0.2) is 0 Å². The highest BCUT2D eigenvalue weighted by molar-refractivity contribution is 7.47. The van der Waals surface area contributed by atoms with Crippen molar-refractivity contribution in [2.45, 2.75) is 245 Å². The minimum Gasteiger partial charge on any atom is -0.462 e. The highest BCUT2D eigenvalue weighted by Crippen LogP contribution is 2.43. The van der Waals surface area contributed by atoms with Crippen LogP contribution in [0.3, 0.4) is 0 Å². The van der Waals surface area contributed by atoms with Gasteiger partial charge in [-0.05, 0) is 12.8 Å². The molecule has 0 aromatic rings. The summed E-state index contributed by atoms with van der Waals surface area (Å²) in [5.41, 5.74) is 0. The van der Waals surface area contributed by atoms with Gasteiger partial charge in [-0.3, -0.25) is 18.6 Å². The van der Waals surface area contributed by atoms with E-state index in [2.05, 4.69) is 13.8 Å². The Balaban J connectivity index is 4.22. The second-order valence-electron chi connectivity index (χ2n) is 17.9. The molecule has 0 heterocycles. The first-order valence-corrected chi connectivity index (χ1v) is 25.8. The van der Waals surface area contributed by atoms with Gasteiger partial charge in [0.25, 0.3) is 0 Å². The SMILES string of the molecule is CCCCCCCCCCCCCCCCCCCCCCC(=O)O[C@H](COC(=O)CCCCCCCCCCCCCCC)COP(=O)(O)OCC[N+](C)(C)C. The van der Waals surface area contributed by atoms with Crippen molar-refractivity contribution in [3.05, 3.63) is 0 Å². The van der Waals surface area contributed by atoms with E-state index in [0.717, 1.165) is 38.5 Å². The molecule has 1 N–H and O–H groups in total. The van der Waals surface area contributed by atoms with Gasteiger partial charge in [0.2, 0.25) is 0 Å². The first-order chi connectivity index (χ1) is 27.5. The van der Waals surface area contributed by atoms with Crippen LogP contribution in [-0.2, 0) is 32.7 Å². The quantitative estimate of drug-likeness (QED) is 0.0280. The van der Waals surface area contributed by atoms with Gasteiger partial charge in [-0.2, -0.15) is 0 Å². The lowest BCUT2D eigenvalue weighted by molar-refractivity contribution is -0.870. The van der Waals surface area contributed by atoms with Crippen LogP contribution >= 0.6 is 7.82 Å². The number of hydrogen-bond donors (Lipinski definition) is 1. The number of nitrogens with zero attached hydrogens (tertiary/aromatic N) is 1. The van der Waals surface area contributed by atoms with E-state index in [1.54, 1.807) is 0 Å². The fourth-order valence-corrected chi connectivity index (χ4v) is 7.82. The molecule has 0 aliphatic heterocycles. The molecule has 0 amide bonds. The number of hydrogen-bond acceptors (Lipinski definition) is 7. The summed E-state index contributed by atoms with van der Waals surface area (Å²) in [6.45, 7) is 4.47. The second-order valence-corrected chi connectivity index (χ2v) is 19.3. The molecule has 9 nitrogen and oxygen atoms in total. The minimum absolute atomic E-state index is 0.0370. The third kappa shape index (κ3) is 44.4. The molecule has 0 radical (unpaired) electrons. The maximum Gasteiger partial charge on any atom is 0.472 e. The van der Waals surface area contributed by atoms with Gasteiger partial charge >= 0.3 is 19.8 Å². The summed E-state index contributed by atoms with van der Waals surface area (Å²) in [5.74, 6) is -0.781. The number of likely N-dealkylation sites (N-methyl/N-ethyl adjacent to an activating group) is 1. The van der Waals surface area contributed by atoms with Crippen LogP contribution < -0.4 is 0 Å². The first-order valence-electron chi connectivity index (χ1n) is 24.3. The van der Waals surface area contributed by atoms with E-state index in [9.17, 15) is 19.0 Å². The van der Waals surface area contributed by atoms with Gasteiger partial charge in [-0.15, -0.1) is 0 Å². The molecule has 340 valence electrons. The van der Waals surface area contributed by atoms with Crippen LogP contribution in [0.25, 0.3) is 0 Å². The maximum atomic E-state index is 12.7. The van der Waals surface area contributed by atoms with E-state index < -0.39 is 26.5 Å². The predicted octanol–water partition coefficient (Wildman–Crippen LogP) is 14.0. The molecule has 0 aliphatic rings. The highest BCUT2D eigenvalue weighted by Gasteiger charge is 2.27. The van der Waals surface area contributed by atoms with E-state index in [1.165, 1.54) is 173 Å². The summed E-state index contributed by atoms with van der Waals surface area (Å²) < 4.78 is 34.4. The van der Waals surface area contributed by atoms with Crippen LogP contribution in [0.1, 0.15) is 239 Å². The van der Waals surface area contributed by atoms with Crippen LogP contribution in [0.4, 0.5) is 0 Å². The molecular formula is C47H95NO8P+. The van der Waals surface area contributed by atoms with Crippen molar-refractivity contribution in [1.29, 1.82) is 0 Å². The molecule has 57 heavy (non-hydrogen) atoms. The number of carbonyl (C=O) groups is 2. The largest absolute Gasteiger partial charge is 0.472 e. The fourth-order valence-electron chi connectivity index (χ4n) is 7.08. The molecule has 0 spiro atoms. The summed E-state index contributed by atoms with van der Waals surface area (Å²) in [6.07, 6.45) is 41.5. The Morgan fingerprint density at radius 3 is 1.12 bits per heavy atom. The number of phosphoric acid groups is 1. The number of rotatable bonds is 45. The van der Waals surface area contributed by atoms with Gasteiger partial charge in [0, 0.05) is 12.8 Å². The number of phosphoric ester groups is 1. The highest BCUT2D eigenvalue weighted by atomic mass is 31.2. The Morgan fingerprint density at radius 1 is 0.474 bits per heavy atom. The molecule has 0 aromatic heterocycles. The van der Waals surface area contributed by atoms with Crippen molar-refractivity contribution in [1.82, 2.24) is 0 Å². The third-order valence-electron chi connectivity index (χ3n) is 10.9. The molecule has 0 aliphatic carbocycles. The molecule has 2 atom stereocenters. The van der Waals surface area contributed by atoms with Gasteiger partial charge < -0.3 is 18.9 Å². The van der Waals surface area contributed by atoms with Gasteiger partial charge in [0.15, 0.2) is 6.10 Å². The number of carbonyl (C=O) groups excluding carboxylic acids is 2. The summed E-state index contributed by atoms with van der Waals surface area (Å²) in [6, 6.07) is 0. The van der Waals surface area contributed by atoms with Crippen molar-refractivity contribution < 1.29 is 42.1 Å². The topological polar surface area (TPSA) is 108 Å². The van der Waals surface area contributed by atoms with Crippen LogP contribution in [0.2, 0.25) is 0 Å². The third-order valence-corrected chi connectivity index (χ3v) is 11.9. The zero-order chi connectivity index (χ0) is 42.1. The van der Waals surface area contributed by atoms with E-state index >= 15 is 0 Å². The molecule has 0 saturated carbocycles. The Bertz CT molecular complexity index is 943. The monoisotopic (exact) mass is 833 g/mol. The molecule has 0 aromatic carbocycles. The van der Waals surface area contributed by atoms with Crippen molar-refractivity contribution in [3.63, 3.8) is 0 Å². The van der Waals surface area contributed by atoms with Gasteiger partial charge in [-0.25, -0.2) is 4.57 Å². The van der Waals surface area contributed by atoms with Crippen LogP contribution in [0.5, 0.6) is 0 Å². The standard InChI is InChI=1S/C47H94NO8P/c1-6-8-10-12-14-16-18-20-21-22-23-24-25-26-28-30-32-34-36-38-40-47(50)56-45(44-55-57(51,52)54-42-41-48(3,4)5)43-53-46(49)39-37-35-33-31-29-27-19-17-15-13-11-9-7-2/h45H,6-44H2,1-5H3/p+1/t45-/m1/s1. The molecule has 0 fully saturated rings. The maximum absolute atomic E-state index is 12.7. The summed E-state index contributed by atoms with van der Waals surface area (Å²) in [7, 11) is 1.50. The number of ether oxygens (including phenoxy) is 2. The van der Waals surface area contributed by atoms with E-state index in [4.69, 9.17) is 18.5 Å². The first kappa shape index (κ1) is 56.0. The van der Waals surface area contributed by atoms with Crippen molar-refractivity contribution in [3.8, 4) is 0 Å². The van der Waals surface area contributed by atoms with E-state index in [-0.39, 0.29) is 25.6 Å². The molecule has 0 bridgehead atoms. The molecular weight excluding hydrogens is 737 g/mol. The zero-order valence-electron chi connectivity index (χ0n) is 38.4. The van der Waals surface area contributed by atoms with E-state index in [0.29, 0.717) is 17.4 Å². The average molecular weight is 833 g/mol. The molecule has 10 heteroatoms. The second kappa shape index (κ2) is 40.4. The van der Waals surface area contributed by atoms with Crippen molar-refractivity contribution in [2.75, 3.05) is 47.5 Å². The van der Waals surface area contributed by atoms with Gasteiger partial charge in [0.1, 0.15) is 19.8 Å². The van der Waals surface area contributed by atoms with Gasteiger partial charge in [-0.1, -0.05) is 213 Å². The average Bonchev–Trinajstić information content (AvgIpc) is 3.16. The summed E-state index contributed by atoms with van der Waals surface area (Å²) >= 11 is 0. The predicted molar refractivity (Wildman–Crippen MR) is 238 cm³/mol. The molecule has 1 unspecified atom stereocenters. The fraction of sp³-hybridized carbons (Fsp3) is 0.957. The lowest BCUT2D eigenvalue weighted by Crippen LogP contribution is -2.37. The Hall–Kier alpha value is -0.990. The lowest BCUT2D eigenvalue weighted by Gasteiger charge is -2.24.